The van der Waals surface area contributed by atoms with Crippen LogP contribution in [-0.4, -0.2) is 44.7 Å². The number of likely N-dealkylation sites (N-methyl/N-ethyl adjacent to an activating group) is 1. The van der Waals surface area contributed by atoms with Crippen molar-refractivity contribution in [2.45, 2.75) is 12.8 Å². The molecule has 0 saturated carbocycles. The number of allylic oxidation sites excluding steroid dienone is 1. The summed E-state index contributed by atoms with van der Waals surface area (Å²) < 4.78 is 9.69. The molecule has 1 heterocycles. The van der Waals surface area contributed by atoms with Crippen LogP contribution in [0.3, 0.4) is 0 Å². The van der Waals surface area contributed by atoms with Crippen LogP contribution in [0.4, 0.5) is 0 Å². The Balaban J connectivity index is 2.49. The predicted octanol–water partition coefficient (Wildman–Crippen LogP) is 2.18. The molecule has 0 spiro atoms. The van der Waals surface area contributed by atoms with E-state index in [2.05, 4.69) is 6.07 Å². The molecule has 1 aromatic carbocycles. The van der Waals surface area contributed by atoms with Gasteiger partial charge in [0.05, 0.1) is 19.8 Å². The number of carbonyl (C=O) groups is 2. The maximum Gasteiger partial charge on any atom is 0.354 e. The molecule has 0 radical (unpaired) electrons. The summed E-state index contributed by atoms with van der Waals surface area (Å²) in [4.78, 5) is 26.0. The van der Waals surface area contributed by atoms with Crippen molar-refractivity contribution in [3.8, 4) is 0 Å². The number of benzene rings is 1. The lowest BCUT2D eigenvalue weighted by Gasteiger charge is -2.24. The fraction of sp³-hybridized carbons (Fsp3) is 0.333. The number of nitrogens with zero attached hydrogens (tertiary/aromatic N) is 1. The van der Waals surface area contributed by atoms with Crippen molar-refractivity contribution in [1.82, 2.24) is 4.90 Å². The molecule has 122 valence electrons. The highest BCUT2D eigenvalue weighted by Gasteiger charge is 2.25. The first-order valence-electron chi connectivity index (χ1n) is 7.43. The molecule has 1 aliphatic heterocycles. The Morgan fingerprint density at radius 3 is 2.48 bits per heavy atom. The molecule has 0 aromatic heterocycles. The van der Waals surface area contributed by atoms with Crippen LogP contribution in [0.15, 0.2) is 41.6 Å². The number of esters is 2. The molecule has 1 aromatic rings. The zero-order chi connectivity index (χ0) is 16.8. The molecule has 0 amide bonds. The van der Waals surface area contributed by atoms with Gasteiger partial charge < -0.3 is 14.4 Å². The number of ether oxygens (including phenoxy) is 2. The lowest BCUT2D eigenvalue weighted by molar-refractivity contribution is -0.140. The van der Waals surface area contributed by atoms with E-state index < -0.39 is 11.9 Å². The van der Waals surface area contributed by atoms with Crippen LogP contribution in [0.25, 0.3) is 6.08 Å². The average Bonchev–Trinajstić information content (AvgIpc) is 2.58. The summed E-state index contributed by atoms with van der Waals surface area (Å²) in [6.07, 6.45) is 4.90. The summed E-state index contributed by atoms with van der Waals surface area (Å²) in [6, 6.07) is 8.08. The van der Waals surface area contributed by atoms with Gasteiger partial charge in [-0.05, 0) is 17.5 Å². The number of carbonyl (C=O) groups excluding carboxylic acids is 2. The van der Waals surface area contributed by atoms with E-state index in [-0.39, 0.29) is 5.70 Å². The van der Waals surface area contributed by atoms with E-state index >= 15 is 0 Å². The molecule has 0 aliphatic carbocycles. The van der Waals surface area contributed by atoms with Crippen molar-refractivity contribution < 1.29 is 19.1 Å². The van der Waals surface area contributed by atoms with Gasteiger partial charge in [0, 0.05) is 20.0 Å². The fourth-order valence-electron chi connectivity index (χ4n) is 2.63. The second kappa shape index (κ2) is 7.63. The third-order valence-corrected chi connectivity index (χ3v) is 3.87. The van der Waals surface area contributed by atoms with Gasteiger partial charge in [-0.3, -0.25) is 0 Å². The van der Waals surface area contributed by atoms with Gasteiger partial charge in [0.2, 0.25) is 0 Å². The normalized spacial score (nSPS) is 19.5. The van der Waals surface area contributed by atoms with Crippen molar-refractivity contribution in [1.29, 1.82) is 0 Å². The van der Waals surface area contributed by atoms with Crippen LogP contribution in [0, 0.1) is 0 Å². The topological polar surface area (TPSA) is 55.8 Å². The monoisotopic (exact) mass is 315 g/mol. The highest BCUT2D eigenvalue weighted by molar-refractivity contribution is 6.00. The molecular formula is C18H21NO4. The minimum atomic E-state index is -0.532. The van der Waals surface area contributed by atoms with Crippen LogP contribution in [0.2, 0.25) is 0 Å². The molecule has 0 unspecified atom stereocenters. The second-order valence-corrected chi connectivity index (χ2v) is 5.29. The van der Waals surface area contributed by atoms with Gasteiger partial charge >= 0.3 is 11.9 Å². The SMILES string of the molecule is COC(=O)/C1=C(\C(=O)OC)N(C)CCc2ccccc2/C=C/C1. The summed E-state index contributed by atoms with van der Waals surface area (Å²) in [6.45, 7) is 0.593. The Morgan fingerprint density at radius 1 is 1.09 bits per heavy atom. The lowest BCUT2D eigenvalue weighted by Crippen LogP contribution is -2.30. The Kier molecular flexibility index (Phi) is 5.57. The van der Waals surface area contributed by atoms with E-state index in [4.69, 9.17) is 9.47 Å². The van der Waals surface area contributed by atoms with E-state index in [0.717, 1.165) is 12.0 Å². The van der Waals surface area contributed by atoms with Crippen molar-refractivity contribution in [2.75, 3.05) is 27.8 Å². The first-order chi connectivity index (χ1) is 11.1. The summed E-state index contributed by atoms with van der Waals surface area (Å²) in [7, 11) is 4.40. The zero-order valence-corrected chi connectivity index (χ0v) is 13.7. The van der Waals surface area contributed by atoms with Crippen molar-refractivity contribution in [2.24, 2.45) is 0 Å². The van der Waals surface area contributed by atoms with E-state index in [9.17, 15) is 9.59 Å². The summed E-state index contributed by atoms with van der Waals surface area (Å²) in [5, 5.41) is 0. The van der Waals surface area contributed by atoms with Gasteiger partial charge in [-0.2, -0.15) is 0 Å². The average molecular weight is 315 g/mol. The van der Waals surface area contributed by atoms with Gasteiger partial charge in [-0.15, -0.1) is 0 Å². The van der Waals surface area contributed by atoms with Crippen molar-refractivity contribution in [3.05, 3.63) is 52.7 Å². The molecular weight excluding hydrogens is 294 g/mol. The molecule has 0 saturated heterocycles. The van der Waals surface area contributed by atoms with Gasteiger partial charge in [0.15, 0.2) is 0 Å². The minimum absolute atomic E-state index is 0.253. The van der Waals surface area contributed by atoms with E-state index in [1.165, 1.54) is 19.8 Å². The Hall–Kier alpha value is -2.56. The lowest BCUT2D eigenvalue weighted by atomic mass is 10.0. The molecule has 23 heavy (non-hydrogen) atoms. The molecule has 0 fully saturated rings. The van der Waals surface area contributed by atoms with Crippen LogP contribution in [0.1, 0.15) is 17.5 Å². The smallest absolute Gasteiger partial charge is 0.354 e. The highest BCUT2D eigenvalue weighted by Crippen LogP contribution is 2.21. The van der Waals surface area contributed by atoms with E-state index in [0.29, 0.717) is 18.5 Å². The fourth-order valence-corrected chi connectivity index (χ4v) is 2.63. The molecule has 2 rings (SSSR count). The molecule has 5 heteroatoms. The molecule has 0 N–H and O–H groups in total. The first kappa shape index (κ1) is 16.8. The van der Waals surface area contributed by atoms with Crippen LogP contribution in [-0.2, 0) is 25.5 Å². The van der Waals surface area contributed by atoms with Crippen LogP contribution in [0.5, 0.6) is 0 Å². The highest BCUT2D eigenvalue weighted by atomic mass is 16.5. The summed E-state index contributed by atoms with van der Waals surface area (Å²) >= 11 is 0. The van der Waals surface area contributed by atoms with Crippen LogP contribution >= 0.6 is 0 Å². The van der Waals surface area contributed by atoms with Gasteiger partial charge in [-0.1, -0.05) is 36.4 Å². The van der Waals surface area contributed by atoms with Gasteiger partial charge in [-0.25, -0.2) is 9.59 Å². The van der Waals surface area contributed by atoms with Crippen LogP contribution < -0.4 is 0 Å². The predicted molar refractivity (Wildman–Crippen MR) is 87.5 cm³/mol. The molecule has 5 nitrogen and oxygen atoms in total. The first-order valence-corrected chi connectivity index (χ1v) is 7.43. The number of fused-ring (bicyclic) bond motifs is 1. The molecule has 0 atom stereocenters. The number of rotatable bonds is 2. The van der Waals surface area contributed by atoms with Gasteiger partial charge in [0.25, 0.3) is 0 Å². The molecule has 0 bridgehead atoms. The van der Waals surface area contributed by atoms with E-state index in [1.54, 1.807) is 11.9 Å². The number of methoxy groups -OCH3 is 2. The Bertz CT molecular complexity index is 661. The maximum atomic E-state index is 12.2. The largest absolute Gasteiger partial charge is 0.466 e. The summed E-state index contributed by atoms with van der Waals surface area (Å²) in [5.74, 6) is -1.05. The third-order valence-electron chi connectivity index (χ3n) is 3.87. The zero-order valence-electron chi connectivity index (χ0n) is 13.7. The third kappa shape index (κ3) is 3.80. The van der Waals surface area contributed by atoms with Gasteiger partial charge in [0.1, 0.15) is 5.70 Å². The Morgan fingerprint density at radius 2 is 1.78 bits per heavy atom. The molecule has 1 aliphatic rings. The summed E-state index contributed by atoms with van der Waals surface area (Å²) in [5.41, 5.74) is 2.87. The quantitative estimate of drug-likeness (QED) is 0.783. The van der Waals surface area contributed by atoms with Crippen molar-refractivity contribution >= 4 is 18.0 Å². The Labute approximate surface area is 136 Å². The second-order valence-electron chi connectivity index (χ2n) is 5.29. The van der Waals surface area contributed by atoms with Crippen molar-refractivity contribution in [3.63, 3.8) is 0 Å². The maximum absolute atomic E-state index is 12.2. The minimum Gasteiger partial charge on any atom is -0.466 e. The number of hydrogen-bond acceptors (Lipinski definition) is 5. The number of hydrogen-bond donors (Lipinski definition) is 0. The van der Waals surface area contributed by atoms with E-state index in [1.807, 2.05) is 30.4 Å². The standard InChI is InChI=1S/C18H21NO4/c1-19-12-11-14-8-5-4-7-13(14)9-6-10-15(17(20)22-2)16(19)18(21)23-3/h4-9H,10-12H2,1-3H3/b9-6+,16-15+.